The van der Waals surface area contributed by atoms with Crippen LogP contribution >= 0.6 is 0 Å². The van der Waals surface area contributed by atoms with E-state index >= 15 is 0 Å². The average Bonchev–Trinajstić information content (AvgIpc) is 2.17. The van der Waals surface area contributed by atoms with Crippen molar-refractivity contribution < 1.29 is 13.6 Å². The van der Waals surface area contributed by atoms with Gasteiger partial charge >= 0.3 is 0 Å². The predicted octanol–water partition coefficient (Wildman–Crippen LogP) is 2.33. The van der Waals surface area contributed by atoms with Gasteiger partial charge in [-0.15, -0.1) is 0 Å². The summed E-state index contributed by atoms with van der Waals surface area (Å²) in [7, 11) is 0. The summed E-state index contributed by atoms with van der Waals surface area (Å²) in [4.78, 5) is 10.9. The van der Waals surface area contributed by atoms with Gasteiger partial charge < -0.3 is 5.32 Å². The van der Waals surface area contributed by atoms with Crippen molar-refractivity contribution in [2.24, 2.45) is 0 Å². The lowest BCUT2D eigenvalue weighted by molar-refractivity contribution is -0.117. The van der Waals surface area contributed by atoms with Crippen LogP contribution in [0.4, 0.5) is 8.78 Å². The number of hydrogen-bond acceptors (Lipinski definition) is 1. The lowest BCUT2D eigenvalue weighted by Crippen LogP contribution is -2.25. The molecule has 1 aromatic carbocycles. The lowest BCUT2D eigenvalue weighted by atomic mass is 10.1. The molecule has 0 spiro atoms. The molecule has 1 unspecified atom stereocenters. The van der Waals surface area contributed by atoms with E-state index in [2.05, 4.69) is 11.9 Å². The minimum absolute atomic E-state index is 0.146. The van der Waals surface area contributed by atoms with E-state index in [9.17, 15) is 13.6 Å². The van der Waals surface area contributed by atoms with Crippen molar-refractivity contribution in [1.82, 2.24) is 5.32 Å². The first-order chi connectivity index (χ1) is 7.06. The van der Waals surface area contributed by atoms with E-state index in [0.29, 0.717) is 0 Å². The Morgan fingerprint density at radius 3 is 2.47 bits per heavy atom. The molecule has 0 bridgehead atoms. The van der Waals surface area contributed by atoms with Gasteiger partial charge in [0, 0.05) is 5.56 Å². The summed E-state index contributed by atoms with van der Waals surface area (Å²) in [6.07, 6.45) is 1.05. The van der Waals surface area contributed by atoms with Gasteiger partial charge in [0.25, 0.3) is 0 Å². The van der Waals surface area contributed by atoms with Crippen LogP contribution in [0.5, 0.6) is 0 Å². The van der Waals surface area contributed by atoms with Crippen LogP contribution in [0, 0.1) is 11.6 Å². The number of nitrogens with one attached hydrogen (secondary N) is 1. The number of amides is 1. The quantitative estimate of drug-likeness (QED) is 0.764. The van der Waals surface area contributed by atoms with Gasteiger partial charge in [0.1, 0.15) is 11.6 Å². The van der Waals surface area contributed by atoms with Crippen LogP contribution < -0.4 is 5.32 Å². The summed E-state index contributed by atoms with van der Waals surface area (Å²) in [5.41, 5.74) is -0.146. The fourth-order valence-electron chi connectivity index (χ4n) is 1.27. The summed E-state index contributed by atoms with van der Waals surface area (Å²) < 4.78 is 26.5. The van der Waals surface area contributed by atoms with Crippen molar-refractivity contribution in [1.29, 1.82) is 0 Å². The molecule has 0 heterocycles. The third kappa shape index (κ3) is 2.62. The van der Waals surface area contributed by atoms with Gasteiger partial charge in [-0.3, -0.25) is 4.79 Å². The smallest absolute Gasteiger partial charge is 0.243 e. The molecule has 0 fully saturated rings. The molecule has 0 aliphatic heterocycles. The van der Waals surface area contributed by atoms with E-state index in [0.717, 1.165) is 18.2 Å². The monoisotopic (exact) mass is 211 g/mol. The topological polar surface area (TPSA) is 29.1 Å². The fraction of sp³-hybridized carbons (Fsp3) is 0.182. The summed E-state index contributed by atoms with van der Waals surface area (Å²) >= 11 is 0. The van der Waals surface area contributed by atoms with E-state index in [1.165, 1.54) is 13.0 Å². The molecule has 0 aliphatic rings. The standard InChI is InChI=1S/C11H11F2NO/c1-3-10(15)14-7(2)11-8(12)5-4-6-9(11)13/h3-7H,1H2,2H3,(H,14,15). The second kappa shape index (κ2) is 4.68. The summed E-state index contributed by atoms with van der Waals surface area (Å²) in [5.74, 6) is -1.82. The summed E-state index contributed by atoms with van der Waals surface area (Å²) in [6.45, 7) is 4.76. The largest absolute Gasteiger partial charge is 0.346 e. The zero-order valence-corrected chi connectivity index (χ0v) is 8.26. The van der Waals surface area contributed by atoms with Crippen LogP contribution in [0.25, 0.3) is 0 Å². The van der Waals surface area contributed by atoms with E-state index < -0.39 is 23.6 Å². The third-order valence-corrected chi connectivity index (χ3v) is 1.98. The zero-order valence-electron chi connectivity index (χ0n) is 8.26. The van der Waals surface area contributed by atoms with E-state index in [4.69, 9.17) is 0 Å². The molecule has 0 radical (unpaired) electrons. The minimum Gasteiger partial charge on any atom is -0.346 e. The summed E-state index contributed by atoms with van der Waals surface area (Å²) in [5, 5.41) is 2.39. The third-order valence-electron chi connectivity index (χ3n) is 1.98. The van der Waals surface area contributed by atoms with Gasteiger partial charge in [0.2, 0.25) is 5.91 Å². The molecule has 1 aromatic rings. The van der Waals surface area contributed by atoms with Gasteiger partial charge in [-0.1, -0.05) is 12.6 Å². The van der Waals surface area contributed by atoms with E-state index in [1.807, 2.05) is 0 Å². The molecule has 1 rings (SSSR count). The number of hydrogen-bond donors (Lipinski definition) is 1. The Bertz CT molecular complexity index is 370. The Balaban J connectivity index is 2.95. The maximum absolute atomic E-state index is 13.2. The Morgan fingerprint density at radius 2 is 2.00 bits per heavy atom. The van der Waals surface area contributed by atoms with Crippen molar-refractivity contribution >= 4 is 5.91 Å². The molecule has 1 atom stereocenters. The van der Waals surface area contributed by atoms with Gasteiger partial charge in [-0.2, -0.15) is 0 Å². The molecule has 0 saturated heterocycles. The first kappa shape index (κ1) is 11.4. The van der Waals surface area contributed by atoms with Crippen molar-refractivity contribution in [2.45, 2.75) is 13.0 Å². The van der Waals surface area contributed by atoms with E-state index in [1.54, 1.807) is 0 Å². The number of carbonyl (C=O) groups is 1. The highest BCUT2D eigenvalue weighted by atomic mass is 19.1. The van der Waals surface area contributed by atoms with Crippen molar-refractivity contribution in [3.8, 4) is 0 Å². The number of halogens is 2. The SMILES string of the molecule is C=CC(=O)NC(C)c1c(F)cccc1F. The van der Waals surface area contributed by atoms with Crippen LogP contribution in [0.15, 0.2) is 30.9 Å². The normalized spacial score (nSPS) is 11.9. The second-order valence-electron chi connectivity index (χ2n) is 3.07. The maximum Gasteiger partial charge on any atom is 0.243 e. The first-order valence-electron chi connectivity index (χ1n) is 4.43. The molecule has 0 saturated carbocycles. The van der Waals surface area contributed by atoms with Crippen LogP contribution in [0.2, 0.25) is 0 Å². The van der Waals surface area contributed by atoms with Gasteiger partial charge in [-0.25, -0.2) is 8.78 Å². The molecule has 2 nitrogen and oxygen atoms in total. The molecular formula is C11H11F2NO. The summed E-state index contributed by atoms with van der Waals surface area (Å²) in [6, 6.07) is 2.84. The molecule has 1 N–H and O–H groups in total. The highest BCUT2D eigenvalue weighted by Crippen LogP contribution is 2.19. The lowest BCUT2D eigenvalue weighted by Gasteiger charge is -2.14. The van der Waals surface area contributed by atoms with Gasteiger partial charge in [0.15, 0.2) is 0 Å². The van der Waals surface area contributed by atoms with Crippen molar-refractivity contribution in [2.75, 3.05) is 0 Å². The Hall–Kier alpha value is -1.71. The van der Waals surface area contributed by atoms with Crippen LogP contribution in [0.3, 0.4) is 0 Å². The molecular weight excluding hydrogens is 200 g/mol. The average molecular weight is 211 g/mol. The minimum atomic E-state index is -0.725. The maximum atomic E-state index is 13.2. The first-order valence-corrected chi connectivity index (χ1v) is 4.43. The van der Waals surface area contributed by atoms with Crippen molar-refractivity contribution in [3.05, 3.63) is 48.1 Å². The van der Waals surface area contributed by atoms with E-state index in [-0.39, 0.29) is 5.56 Å². The zero-order chi connectivity index (χ0) is 11.4. The Labute approximate surface area is 86.6 Å². The molecule has 80 valence electrons. The Morgan fingerprint density at radius 1 is 1.47 bits per heavy atom. The van der Waals surface area contributed by atoms with Gasteiger partial charge in [0.05, 0.1) is 6.04 Å². The van der Waals surface area contributed by atoms with Gasteiger partial charge in [-0.05, 0) is 25.1 Å². The highest BCUT2D eigenvalue weighted by molar-refractivity contribution is 5.87. The fourth-order valence-corrected chi connectivity index (χ4v) is 1.27. The molecule has 1 amide bonds. The predicted molar refractivity (Wildman–Crippen MR) is 53.1 cm³/mol. The molecule has 0 aliphatic carbocycles. The second-order valence-corrected chi connectivity index (χ2v) is 3.07. The van der Waals surface area contributed by atoms with Crippen LogP contribution in [0.1, 0.15) is 18.5 Å². The highest BCUT2D eigenvalue weighted by Gasteiger charge is 2.16. The number of carbonyl (C=O) groups excluding carboxylic acids is 1. The van der Waals surface area contributed by atoms with Crippen LogP contribution in [-0.2, 0) is 4.79 Å². The molecule has 4 heteroatoms. The number of benzene rings is 1. The Kier molecular flexibility index (Phi) is 3.55. The van der Waals surface area contributed by atoms with Crippen molar-refractivity contribution in [3.63, 3.8) is 0 Å². The number of rotatable bonds is 3. The molecule has 15 heavy (non-hydrogen) atoms. The molecule has 0 aromatic heterocycles. The van der Waals surface area contributed by atoms with Crippen LogP contribution in [-0.4, -0.2) is 5.91 Å².